The Morgan fingerprint density at radius 3 is 2.72 bits per heavy atom. The lowest BCUT2D eigenvalue weighted by molar-refractivity contribution is 0.0590. The average molecular weight is 335 g/mol. The molecule has 0 aliphatic carbocycles. The number of pyridine rings is 1. The maximum Gasteiger partial charge on any atom is 0.270 e. The number of fused-ring (bicyclic) bond motifs is 1. The number of nitrogens with one attached hydrogen (secondary N) is 1. The lowest BCUT2D eigenvalue weighted by Gasteiger charge is -2.31. The van der Waals surface area contributed by atoms with Gasteiger partial charge in [-0.1, -0.05) is 18.2 Å². The summed E-state index contributed by atoms with van der Waals surface area (Å²) in [5.74, 6) is 0.859. The number of hydrogen-bond donors (Lipinski definition) is 1. The van der Waals surface area contributed by atoms with Gasteiger partial charge in [0.05, 0.1) is 6.20 Å². The Labute approximate surface area is 146 Å². The van der Waals surface area contributed by atoms with Crippen molar-refractivity contribution in [1.82, 2.24) is 14.9 Å². The maximum absolute atomic E-state index is 12.7. The fraction of sp³-hybridized carbons (Fsp3) is 0.300. The minimum Gasteiger partial charge on any atom is -0.489 e. The van der Waals surface area contributed by atoms with Crippen molar-refractivity contribution < 1.29 is 9.53 Å². The standard InChI is InChI=1S/C20H21N3O2/c1-14-6-7-17(13-21-14)25-16-8-10-23(11-9-16)20(24)19-12-15-4-2-3-5-18(15)22-19/h2-7,12-13,16,22H,8-11H2,1H3. The molecule has 0 bridgehead atoms. The summed E-state index contributed by atoms with van der Waals surface area (Å²) in [7, 11) is 0. The van der Waals surface area contributed by atoms with E-state index in [1.807, 2.05) is 54.3 Å². The van der Waals surface area contributed by atoms with Crippen molar-refractivity contribution >= 4 is 16.8 Å². The molecule has 5 heteroatoms. The number of aromatic nitrogens is 2. The molecule has 3 heterocycles. The van der Waals surface area contributed by atoms with Gasteiger partial charge in [-0.15, -0.1) is 0 Å². The number of benzene rings is 1. The topological polar surface area (TPSA) is 58.2 Å². The first-order valence-electron chi connectivity index (χ1n) is 8.65. The highest BCUT2D eigenvalue weighted by molar-refractivity contribution is 5.98. The van der Waals surface area contributed by atoms with Gasteiger partial charge in [0.1, 0.15) is 17.5 Å². The Kier molecular flexibility index (Phi) is 4.14. The van der Waals surface area contributed by atoms with Gasteiger partial charge in [0, 0.05) is 42.5 Å². The predicted octanol–water partition coefficient (Wildman–Crippen LogP) is 3.55. The summed E-state index contributed by atoms with van der Waals surface area (Å²) in [6, 6.07) is 13.8. The number of para-hydroxylation sites is 1. The zero-order valence-corrected chi connectivity index (χ0v) is 14.2. The molecule has 128 valence electrons. The van der Waals surface area contributed by atoms with Crippen molar-refractivity contribution in [3.8, 4) is 5.75 Å². The summed E-state index contributed by atoms with van der Waals surface area (Å²) in [4.78, 5) is 22.1. The van der Waals surface area contributed by atoms with Gasteiger partial charge in [-0.25, -0.2) is 0 Å². The first-order chi connectivity index (χ1) is 12.2. The first kappa shape index (κ1) is 15.7. The van der Waals surface area contributed by atoms with E-state index < -0.39 is 0 Å². The van der Waals surface area contributed by atoms with Crippen LogP contribution in [-0.2, 0) is 0 Å². The highest BCUT2D eigenvalue weighted by atomic mass is 16.5. The van der Waals surface area contributed by atoms with Crippen molar-refractivity contribution in [2.24, 2.45) is 0 Å². The van der Waals surface area contributed by atoms with Gasteiger partial charge in [-0.3, -0.25) is 9.78 Å². The molecule has 4 rings (SSSR count). The Morgan fingerprint density at radius 1 is 1.20 bits per heavy atom. The Balaban J connectivity index is 1.37. The van der Waals surface area contributed by atoms with Crippen LogP contribution in [0.1, 0.15) is 29.0 Å². The number of aryl methyl sites for hydroxylation is 1. The number of nitrogens with zero attached hydrogens (tertiary/aromatic N) is 2. The molecule has 5 nitrogen and oxygen atoms in total. The zero-order valence-electron chi connectivity index (χ0n) is 14.2. The Morgan fingerprint density at radius 2 is 2.00 bits per heavy atom. The number of H-pyrrole nitrogens is 1. The highest BCUT2D eigenvalue weighted by Crippen LogP contribution is 2.21. The molecule has 0 atom stereocenters. The number of rotatable bonds is 3. The molecule has 25 heavy (non-hydrogen) atoms. The molecular weight excluding hydrogens is 314 g/mol. The second kappa shape index (κ2) is 6.59. The van der Waals surface area contributed by atoms with Crippen LogP contribution in [0.2, 0.25) is 0 Å². The fourth-order valence-electron chi connectivity index (χ4n) is 3.25. The van der Waals surface area contributed by atoms with Crippen molar-refractivity contribution in [1.29, 1.82) is 0 Å². The minimum atomic E-state index is 0.0617. The van der Waals surface area contributed by atoms with Gasteiger partial charge < -0.3 is 14.6 Å². The predicted molar refractivity (Wildman–Crippen MR) is 96.8 cm³/mol. The molecule has 0 saturated carbocycles. The zero-order chi connectivity index (χ0) is 17.2. The van der Waals surface area contributed by atoms with Crippen LogP contribution >= 0.6 is 0 Å². The van der Waals surface area contributed by atoms with Crippen molar-refractivity contribution in [2.45, 2.75) is 25.9 Å². The second-order valence-corrected chi connectivity index (χ2v) is 6.51. The summed E-state index contributed by atoms with van der Waals surface area (Å²) >= 11 is 0. The number of ether oxygens (including phenoxy) is 1. The van der Waals surface area contributed by atoms with E-state index in [-0.39, 0.29) is 12.0 Å². The smallest absolute Gasteiger partial charge is 0.270 e. The summed E-state index contributed by atoms with van der Waals surface area (Å²) < 4.78 is 5.98. The van der Waals surface area contributed by atoms with E-state index in [0.717, 1.165) is 35.2 Å². The number of carbonyl (C=O) groups excluding carboxylic acids is 1. The quantitative estimate of drug-likeness (QED) is 0.796. The van der Waals surface area contributed by atoms with Crippen molar-refractivity contribution in [3.05, 3.63) is 60.0 Å². The van der Waals surface area contributed by atoms with Crippen LogP contribution in [-0.4, -0.2) is 40.0 Å². The minimum absolute atomic E-state index is 0.0617. The van der Waals surface area contributed by atoms with E-state index in [1.54, 1.807) is 6.20 Å². The largest absolute Gasteiger partial charge is 0.489 e. The van der Waals surface area contributed by atoms with Crippen LogP contribution in [0.4, 0.5) is 0 Å². The van der Waals surface area contributed by atoms with Gasteiger partial charge in [-0.05, 0) is 31.2 Å². The molecule has 1 fully saturated rings. The van der Waals surface area contributed by atoms with E-state index in [1.165, 1.54) is 0 Å². The van der Waals surface area contributed by atoms with Crippen molar-refractivity contribution in [3.63, 3.8) is 0 Å². The molecule has 1 saturated heterocycles. The first-order valence-corrected chi connectivity index (χ1v) is 8.65. The molecular formula is C20H21N3O2. The van der Waals surface area contributed by atoms with Crippen LogP contribution in [0.25, 0.3) is 10.9 Å². The van der Waals surface area contributed by atoms with Crippen molar-refractivity contribution in [2.75, 3.05) is 13.1 Å². The van der Waals surface area contributed by atoms with E-state index in [4.69, 9.17) is 4.74 Å². The van der Waals surface area contributed by atoms with Crippen LogP contribution in [0.5, 0.6) is 5.75 Å². The normalized spacial score (nSPS) is 15.5. The monoisotopic (exact) mass is 335 g/mol. The highest BCUT2D eigenvalue weighted by Gasteiger charge is 2.25. The average Bonchev–Trinajstić information content (AvgIpc) is 3.08. The fourth-order valence-corrected chi connectivity index (χ4v) is 3.25. The van der Waals surface area contributed by atoms with Crippen LogP contribution in [0, 0.1) is 6.92 Å². The molecule has 1 aromatic carbocycles. The summed E-state index contributed by atoms with van der Waals surface area (Å²) in [6.07, 6.45) is 3.56. The van der Waals surface area contributed by atoms with Gasteiger partial charge in [0.15, 0.2) is 0 Å². The second-order valence-electron chi connectivity index (χ2n) is 6.51. The molecule has 0 radical (unpaired) electrons. The van der Waals surface area contributed by atoms with Crippen LogP contribution in [0.15, 0.2) is 48.7 Å². The molecule has 2 aromatic heterocycles. The molecule has 0 spiro atoms. The third-order valence-electron chi connectivity index (χ3n) is 4.68. The van der Waals surface area contributed by atoms with E-state index in [2.05, 4.69) is 9.97 Å². The molecule has 1 amide bonds. The molecule has 1 aliphatic rings. The van der Waals surface area contributed by atoms with Gasteiger partial charge in [0.2, 0.25) is 0 Å². The maximum atomic E-state index is 12.7. The third-order valence-corrected chi connectivity index (χ3v) is 4.68. The molecule has 3 aromatic rings. The van der Waals surface area contributed by atoms with Crippen LogP contribution in [0.3, 0.4) is 0 Å². The summed E-state index contributed by atoms with van der Waals surface area (Å²) in [5.41, 5.74) is 2.63. The Hall–Kier alpha value is -2.82. The van der Waals surface area contributed by atoms with E-state index >= 15 is 0 Å². The molecule has 1 N–H and O–H groups in total. The third kappa shape index (κ3) is 3.36. The Bertz CT molecular complexity index is 844. The molecule has 0 unspecified atom stereocenters. The summed E-state index contributed by atoms with van der Waals surface area (Å²) in [5, 5.41) is 1.07. The summed E-state index contributed by atoms with van der Waals surface area (Å²) in [6.45, 7) is 3.37. The van der Waals surface area contributed by atoms with Gasteiger partial charge in [-0.2, -0.15) is 0 Å². The van der Waals surface area contributed by atoms with E-state index in [0.29, 0.717) is 18.8 Å². The van der Waals surface area contributed by atoms with E-state index in [9.17, 15) is 4.79 Å². The number of amides is 1. The lowest BCUT2D eigenvalue weighted by Crippen LogP contribution is -2.41. The van der Waals surface area contributed by atoms with Gasteiger partial charge in [0.25, 0.3) is 5.91 Å². The van der Waals surface area contributed by atoms with Crippen LogP contribution < -0.4 is 4.74 Å². The SMILES string of the molecule is Cc1ccc(OC2CCN(C(=O)c3cc4ccccc4[nH]3)CC2)cn1. The number of hydrogen-bond acceptors (Lipinski definition) is 3. The molecule has 1 aliphatic heterocycles. The number of likely N-dealkylation sites (tertiary alicyclic amines) is 1. The number of aromatic amines is 1. The van der Waals surface area contributed by atoms with Gasteiger partial charge >= 0.3 is 0 Å². The number of piperidine rings is 1. The number of carbonyl (C=O) groups is 1. The lowest BCUT2D eigenvalue weighted by atomic mass is 10.1.